The average Bonchev–Trinajstić information content (AvgIpc) is 3.13. The molecule has 0 aliphatic carbocycles. The Hall–Kier alpha value is -3.12. The topological polar surface area (TPSA) is 114 Å². The highest BCUT2D eigenvalue weighted by Crippen LogP contribution is 2.38. The molecule has 0 saturated heterocycles. The molecule has 0 aliphatic rings. The summed E-state index contributed by atoms with van der Waals surface area (Å²) in [6, 6.07) is 9.53. The van der Waals surface area contributed by atoms with Crippen LogP contribution in [-0.2, 0) is 29.1 Å². The molecule has 0 radical (unpaired) electrons. The van der Waals surface area contributed by atoms with Crippen molar-refractivity contribution in [2.75, 3.05) is 31.4 Å². The fourth-order valence-corrected chi connectivity index (χ4v) is 5.52. The highest BCUT2D eigenvalue weighted by molar-refractivity contribution is 7.89. The summed E-state index contributed by atoms with van der Waals surface area (Å²) in [4.78, 5) is 6.53. The van der Waals surface area contributed by atoms with Crippen molar-refractivity contribution in [3.63, 3.8) is 0 Å². The Bertz CT molecular complexity index is 1590. The van der Waals surface area contributed by atoms with Crippen molar-refractivity contribution in [3.05, 3.63) is 76.1 Å². The molecule has 3 N–H and O–H groups in total. The van der Waals surface area contributed by atoms with E-state index in [-0.39, 0.29) is 18.8 Å². The second-order valence-electron chi connectivity index (χ2n) is 9.29. The second kappa shape index (κ2) is 10.9. The third kappa shape index (κ3) is 5.96. The van der Waals surface area contributed by atoms with Crippen LogP contribution in [0, 0.1) is 11.6 Å². The molecule has 2 heterocycles. The van der Waals surface area contributed by atoms with E-state index in [1.807, 2.05) is 6.07 Å². The minimum Gasteiger partial charge on any atom is -0.395 e. The molecular formula is C26H28ClF2N5O3S. The quantitative estimate of drug-likeness (QED) is 0.318. The van der Waals surface area contributed by atoms with E-state index in [0.29, 0.717) is 56.4 Å². The zero-order valence-corrected chi connectivity index (χ0v) is 22.7. The van der Waals surface area contributed by atoms with Crippen LogP contribution in [0.1, 0.15) is 23.0 Å². The predicted molar refractivity (Wildman–Crippen MR) is 145 cm³/mol. The van der Waals surface area contributed by atoms with Crippen molar-refractivity contribution in [1.82, 2.24) is 14.8 Å². The molecule has 0 fully saturated rings. The van der Waals surface area contributed by atoms with E-state index >= 15 is 0 Å². The van der Waals surface area contributed by atoms with Crippen molar-refractivity contribution in [3.8, 4) is 11.1 Å². The zero-order valence-electron chi connectivity index (χ0n) is 21.1. The molecule has 0 saturated carbocycles. The smallest absolute Gasteiger partial charge is 0.153 e. The molecule has 0 bridgehead atoms. The van der Waals surface area contributed by atoms with E-state index in [0.717, 1.165) is 12.3 Å². The number of likely N-dealkylation sites (N-methyl/N-ethyl adjacent to an activating group) is 1. The molecule has 2 aromatic carbocycles. The number of nitrogens with two attached hydrogens (primary N) is 1. The van der Waals surface area contributed by atoms with Crippen molar-refractivity contribution in [2.45, 2.75) is 18.2 Å². The Morgan fingerprint density at radius 1 is 1.13 bits per heavy atom. The molecule has 8 nitrogen and oxygen atoms in total. The first-order valence-corrected chi connectivity index (χ1v) is 14.2. The van der Waals surface area contributed by atoms with Gasteiger partial charge in [0.15, 0.2) is 9.84 Å². The van der Waals surface area contributed by atoms with E-state index in [1.54, 1.807) is 41.9 Å². The highest BCUT2D eigenvalue weighted by Gasteiger charge is 2.24. The number of pyridine rings is 1. The first-order valence-electron chi connectivity index (χ1n) is 11.7. The molecule has 4 aromatic rings. The van der Waals surface area contributed by atoms with Crippen LogP contribution in [0.5, 0.6) is 0 Å². The van der Waals surface area contributed by atoms with Gasteiger partial charge in [-0.15, -0.1) is 0 Å². The van der Waals surface area contributed by atoms with Gasteiger partial charge in [0.25, 0.3) is 0 Å². The third-order valence-corrected chi connectivity index (χ3v) is 7.28. The number of hydrogen-bond acceptors (Lipinski definition) is 7. The van der Waals surface area contributed by atoms with Crippen LogP contribution < -0.4 is 10.6 Å². The van der Waals surface area contributed by atoms with Gasteiger partial charge in [-0.3, -0.25) is 4.68 Å². The monoisotopic (exact) mass is 563 g/mol. The second-order valence-corrected chi connectivity index (χ2v) is 11.8. The summed E-state index contributed by atoms with van der Waals surface area (Å²) < 4.78 is 53.4. The molecule has 4 rings (SSSR count). The number of benzene rings is 2. The molecule has 2 aromatic heterocycles. The third-order valence-electron chi connectivity index (χ3n) is 6.16. The van der Waals surface area contributed by atoms with Gasteiger partial charge in [-0.05, 0) is 42.3 Å². The molecule has 38 heavy (non-hydrogen) atoms. The highest BCUT2D eigenvalue weighted by atomic mass is 35.5. The lowest BCUT2D eigenvalue weighted by molar-refractivity contribution is 0.304. The Morgan fingerprint density at radius 2 is 1.79 bits per heavy atom. The molecule has 0 amide bonds. The van der Waals surface area contributed by atoms with E-state index in [4.69, 9.17) is 22.3 Å². The fourth-order valence-electron chi connectivity index (χ4n) is 4.56. The number of hydrogen-bond donors (Lipinski definition) is 2. The van der Waals surface area contributed by atoms with Gasteiger partial charge in [0, 0.05) is 49.5 Å². The summed E-state index contributed by atoms with van der Waals surface area (Å²) in [6.45, 7) is 0.248. The number of sulfone groups is 1. The van der Waals surface area contributed by atoms with Gasteiger partial charge in [0.05, 0.1) is 40.3 Å². The SMILES string of the molecule is CN(CCO)c1ccc(-c2ccc(Cl)c3c(CS(C)(=O)=O)nn(C)c23)c([C@@H](N)Cc2cc(F)cc(F)c2)n1. The zero-order chi connectivity index (χ0) is 27.8. The van der Waals surface area contributed by atoms with E-state index < -0.39 is 27.5 Å². The maximum absolute atomic E-state index is 13.9. The Labute approximate surface area is 224 Å². The van der Waals surface area contributed by atoms with Crippen molar-refractivity contribution in [2.24, 2.45) is 12.8 Å². The number of aliphatic hydroxyl groups excluding tert-OH is 1. The van der Waals surface area contributed by atoms with Crippen LogP contribution in [0.15, 0.2) is 42.5 Å². The summed E-state index contributed by atoms with van der Waals surface area (Å²) in [6.07, 6.45) is 1.23. The summed E-state index contributed by atoms with van der Waals surface area (Å²) in [5.41, 5.74) is 9.64. The molecule has 0 unspecified atom stereocenters. The van der Waals surface area contributed by atoms with E-state index in [9.17, 15) is 22.3 Å². The first-order chi connectivity index (χ1) is 17.9. The molecule has 0 spiro atoms. The number of aromatic nitrogens is 3. The lowest BCUT2D eigenvalue weighted by Gasteiger charge is -2.22. The number of rotatable bonds is 9. The Morgan fingerprint density at radius 3 is 2.42 bits per heavy atom. The largest absolute Gasteiger partial charge is 0.395 e. The van der Waals surface area contributed by atoms with E-state index in [2.05, 4.69) is 5.10 Å². The number of nitrogens with zero attached hydrogens (tertiary/aromatic N) is 4. The van der Waals surface area contributed by atoms with Gasteiger partial charge in [-0.25, -0.2) is 22.2 Å². The average molecular weight is 564 g/mol. The molecule has 12 heteroatoms. The van der Waals surface area contributed by atoms with Gasteiger partial charge in [0.2, 0.25) is 0 Å². The van der Waals surface area contributed by atoms with Gasteiger partial charge in [-0.2, -0.15) is 5.10 Å². The minimum atomic E-state index is -3.39. The summed E-state index contributed by atoms with van der Waals surface area (Å²) in [5.74, 6) is -1.14. The number of anilines is 1. The predicted octanol–water partition coefficient (Wildman–Crippen LogP) is 3.78. The normalized spacial score (nSPS) is 12.7. The van der Waals surface area contributed by atoms with Crippen LogP contribution in [-0.4, -0.2) is 54.7 Å². The maximum Gasteiger partial charge on any atom is 0.153 e. The van der Waals surface area contributed by atoms with Crippen molar-refractivity contribution in [1.29, 1.82) is 0 Å². The number of halogens is 3. The molecule has 202 valence electrons. The number of fused-ring (bicyclic) bond motifs is 1. The molecule has 1 atom stereocenters. The standard InChI is InChI=1S/C26H28ClF2N5O3S/c1-33(8-9-35)23-7-5-18(25(31-23)21(30)12-15-10-16(28)13-17(29)11-15)19-4-6-20(27)24-22(14-38(3,36)37)32-34(2)26(19)24/h4-7,10-11,13,21,35H,8-9,12,14,30H2,1-3H3/t21-/m0/s1. The summed E-state index contributed by atoms with van der Waals surface area (Å²) >= 11 is 6.51. The summed E-state index contributed by atoms with van der Waals surface area (Å²) in [5, 5.41) is 14.7. The minimum absolute atomic E-state index is 0.0835. The van der Waals surface area contributed by atoms with Crippen molar-refractivity contribution >= 4 is 38.2 Å². The lowest BCUT2D eigenvalue weighted by Crippen LogP contribution is -2.24. The van der Waals surface area contributed by atoms with E-state index in [1.165, 1.54) is 12.1 Å². The van der Waals surface area contributed by atoms with Crippen LogP contribution in [0.3, 0.4) is 0 Å². The van der Waals surface area contributed by atoms with Crippen LogP contribution in [0.25, 0.3) is 22.0 Å². The van der Waals surface area contributed by atoms with Gasteiger partial charge in [0.1, 0.15) is 17.5 Å². The van der Waals surface area contributed by atoms with Crippen LogP contribution in [0.4, 0.5) is 14.6 Å². The van der Waals surface area contributed by atoms with Crippen LogP contribution >= 0.6 is 11.6 Å². The lowest BCUT2D eigenvalue weighted by atomic mass is 9.94. The van der Waals surface area contributed by atoms with Crippen LogP contribution in [0.2, 0.25) is 5.02 Å². The molecule has 0 aliphatic heterocycles. The van der Waals surface area contributed by atoms with Gasteiger partial charge in [-0.1, -0.05) is 17.7 Å². The Balaban J connectivity index is 1.91. The first kappa shape index (κ1) is 27.9. The van der Waals surface area contributed by atoms with Gasteiger partial charge < -0.3 is 15.7 Å². The fraction of sp³-hybridized carbons (Fsp3) is 0.308. The maximum atomic E-state index is 13.9. The van der Waals surface area contributed by atoms with Crippen molar-refractivity contribution < 1.29 is 22.3 Å². The number of aliphatic hydroxyl groups is 1. The summed E-state index contributed by atoms with van der Waals surface area (Å²) in [7, 11) is 0.0792. The number of aryl methyl sites for hydroxylation is 1. The molecular weight excluding hydrogens is 536 g/mol. The van der Waals surface area contributed by atoms with Gasteiger partial charge >= 0.3 is 0 Å². The Kier molecular flexibility index (Phi) is 8.03.